The molecule has 0 bridgehead atoms. The highest BCUT2D eigenvalue weighted by Gasteiger charge is 2.62. The molecule has 3 N–H and O–H groups in total. The van der Waals surface area contributed by atoms with Gasteiger partial charge in [0.25, 0.3) is 0 Å². The number of carboxylic acids is 1. The van der Waals surface area contributed by atoms with Crippen LogP contribution in [0.25, 0.3) is 0 Å². The van der Waals surface area contributed by atoms with Gasteiger partial charge in [0, 0.05) is 6.42 Å². The maximum absolute atomic E-state index is 11.1. The lowest BCUT2D eigenvalue weighted by Gasteiger charge is -2.62. The first-order valence-corrected chi connectivity index (χ1v) is 11.7. The Morgan fingerprint density at radius 1 is 0.964 bits per heavy atom. The van der Waals surface area contributed by atoms with Crippen LogP contribution in [0, 0.1) is 46.3 Å². The van der Waals surface area contributed by atoms with E-state index in [-0.39, 0.29) is 30.0 Å². The third-order valence-electron chi connectivity index (χ3n) is 10.2. The molecule has 10 atom stereocenters. The quantitative estimate of drug-likeness (QED) is 0.659. The fourth-order valence-electron chi connectivity index (χ4n) is 8.81. The number of carbonyl (C=O) groups is 1. The monoisotopic (exact) mass is 392 g/mol. The van der Waals surface area contributed by atoms with Crippen LogP contribution in [0.15, 0.2) is 0 Å². The molecule has 4 fully saturated rings. The molecular formula is C24H40O4. The lowest BCUT2D eigenvalue weighted by atomic mass is 9.44. The Morgan fingerprint density at radius 2 is 1.64 bits per heavy atom. The molecule has 4 aliphatic rings. The molecule has 4 rings (SSSR count). The van der Waals surface area contributed by atoms with Gasteiger partial charge in [-0.05, 0) is 104 Å². The van der Waals surface area contributed by atoms with Gasteiger partial charge in [0.05, 0.1) is 12.2 Å². The van der Waals surface area contributed by atoms with Gasteiger partial charge in [-0.2, -0.15) is 0 Å². The summed E-state index contributed by atoms with van der Waals surface area (Å²) in [6, 6.07) is 0. The minimum Gasteiger partial charge on any atom is -0.481 e. The molecule has 0 aliphatic heterocycles. The van der Waals surface area contributed by atoms with Crippen LogP contribution in [0.1, 0.15) is 85.0 Å². The Labute approximate surface area is 170 Å². The highest BCUT2D eigenvalue weighted by Crippen LogP contribution is 2.68. The summed E-state index contributed by atoms with van der Waals surface area (Å²) in [6.45, 7) is 7.16. The number of aliphatic hydroxyl groups is 2. The van der Waals surface area contributed by atoms with Gasteiger partial charge >= 0.3 is 5.97 Å². The molecule has 0 heterocycles. The van der Waals surface area contributed by atoms with E-state index in [0.29, 0.717) is 35.0 Å². The van der Waals surface area contributed by atoms with Crippen LogP contribution in [0.3, 0.4) is 0 Å². The van der Waals surface area contributed by atoms with Crippen LogP contribution in [0.2, 0.25) is 0 Å². The minimum absolute atomic E-state index is 0.176. The van der Waals surface area contributed by atoms with E-state index in [1.54, 1.807) is 0 Å². The van der Waals surface area contributed by atoms with Crippen molar-refractivity contribution in [2.24, 2.45) is 46.3 Å². The maximum Gasteiger partial charge on any atom is 0.303 e. The molecule has 0 unspecified atom stereocenters. The van der Waals surface area contributed by atoms with E-state index in [0.717, 1.165) is 32.1 Å². The number of aliphatic hydroxyl groups excluding tert-OH is 2. The molecule has 0 aromatic heterocycles. The summed E-state index contributed by atoms with van der Waals surface area (Å²) in [4.78, 5) is 11.1. The molecule has 0 spiro atoms. The van der Waals surface area contributed by atoms with Gasteiger partial charge in [-0.25, -0.2) is 0 Å². The summed E-state index contributed by atoms with van der Waals surface area (Å²) >= 11 is 0. The Kier molecular flexibility index (Phi) is 5.36. The second kappa shape index (κ2) is 7.27. The van der Waals surface area contributed by atoms with E-state index in [4.69, 9.17) is 5.11 Å². The first-order valence-electron chi connectivity index (χ1n) is 11.7. The highest BCUT2D eigenvalue weighted by molar-refractivity contribution is 5.66. The SMILES string of the molecule is C[C@H](CCC(=O)O)[C@@H]1CC[C@H]2[C@@H]3C[C@H](O)[C@@H]4C[C@H](O)CC[C@]4(C)[C@@H]3CC[C@@]21C. The molecule has 28 heavy (non-hydrogen) atoms. The largest absolute Gasteiger partial charge is 0.481 e. The molecule has 0 amide bonds. The van der Waals surface area contributed by atoms with Crippen molar-refractivity contribution in [3.63, 3.8) is 0 Å². The normalized spacial score (nSPS) is 51.7. The van der Waals surface area contributed by atoms with Crippen molar-refractivity contribution >= 4 is 5.97 Å². The predicted octanol–water partition coefficient (Wildman–Crippen LogP) is 4.48. The van der Waals surface area contributed by atoms with Gasteiger partial charge < -0.3 is 15.3 Å². The van der Waals surface area contributed by atoms with E-state index in [1.807, 2.05) is 0 Å². The van der Waals surface area contributed by atoms with Crippen molar-refractivity contribution in [1.82, 2.24) is 0 Å². The lowest BCUT2D eigenvalue weighted by Crippen LogP contribution is -2.58. The average Bonchev–Trinajstić information content (AvgIpc) is 2.99. The molecule has 0 radical (unpaired) electrons. The van der Waals surface area contributed by atoms with Gasteiger partial charge in [-0.3, -0.25) is 4.79 Å². The van der Waals surface area contributed by atoms with Gasteiger partial charge in [-0.15, -0.1) is 0 Å². The number of rotatable bonds is 4. The second-order valence-corrected chi connectivity index (χ2v) is 11.4. The molecule has 4 heteroatoms. The molecule has 4 aliphatic carbocycles. The van der Waals surface area contributed by atoms with E-state index in [1.165, 1.54) is 25.7 Å². The molecule has 0 saturated heterocycles. The summed E-state index contributed by atoms with van der Waals surface area (Å²) in [5.41, 5.74) is 0.478. The van der Waals surface area contributed by atoms with Crippen molar-refractivity contribution in [2.75, 3.05) is 0 Å². The van der Waals surface area contributed by atoms with E-state index < -0.39 is 5.97 Å². The Hall–Kier alpha value is -0.610. The number of hydrogen-bond donors (Lipinski definition) is 3. The molecule has 160 valence electrons. The van der Waals surface area contributed by atoms with Crippen molar-refractivity contribution in [1.29, 1.82) is 0 Å². The lowest BCUT2D eigenvalue weighted by molar-refractivity contribution is -0.172. The van der Waals surface area contributed by atoms with Crippen LogP contribution in [0.5, 0.6) is 0 Å². The van der Waals surface area contributed by atoms with E-state index in [2.05, 4.69) is 20.8 Å². The third-order valence-corrected chi connectivity index (χ3v) is 10.2. The summed E-state index contributed by atoms with van der Waals surface area (Å²) in [6.07, 6.45) is 9.16. The van der Waals surface area contributed by atoms with Gasteiger partial charge in [0.1, 0.15) is 0 Å². The van der Waals surface area contributed by atoms with Crippen molar-refractivity contribution < 1.29 is 20.1 Å². The van der Waals surface area contributed by atoms with Crippen molar-refractivity contribution in [3.05, 3.63) is 0 Å². The number of fused-ring (bicyclic) bond motifs is 5. The number of carboxylic acid groups (broad SMARTS) is 1. The molecule has 4 nitrogen and oxygen atoms in total. The summed E-state index contributed by atoms with van der Waals surface area (Å²) in [7, 11) is 0. The predicted molar refractivity (Wildman–Crippen MR) is 109 cm³/mol. The van der Waals surface area contributed by atoms with Crippen molar-refractivity contribution in [3.8, 4) is 0 Å². The Bertz CT molecular complexity index is 605. The zero-order valence-corrected chi connectivity index (χ0v) is 17.9. The molecule has 0 aromatic rings. The standard InChI is InChI=1S/C24H40O4/c1-14(4-7-22(27)28)17-5-6-18-16-13-21(26)20-12-15(25)8-10-24(20,3)19(16)9-11-23(17,18)2/h14-21,25-26H,4-13H2,1-3H3,(H,27,28)/t14-,15-,16+,17+,18+,19-,20+,21+,23-,24-/m1/s1. The topological polar surface area (TPSA) is 77.8 Å². The minimum atomic E-state index is -0.677. The van der Waals surface area contributed by atoms with Crippen LogP contribution in [0.4, 0.5) is 0 Å². The van der Waals surface area contributed by atoms with E-state index >= 15 is 0 Å². The van der Waals surface area contributed by atoms with Crippen LogP contribution < -0.4 is 0 Å². The third kappa shape index (κ3) is 3.14. The number of hydrogen-bond acceptors (Lipinski definition) is 3. The van der Waals surface area contributed by atoms with Crippen LogP contribution in [-0.2, 0) is 4.79 Å². The number of aliphatic carboxylic acids is 1. The van der Waals surface area contributed by atoms with Crippen molar-refractivity contribution in [2.45, 2.75) is 97.2 Å². The molecular weight excluding hydrogens is 352 g/mol. The van der Waals surface area contributed by atoms with Gasteiger partial charge in [-0.1, -0.05) is 20.8 Å². The zero-order chi connectivity index (χ0) is 20.3. The fourth-order valence-corrected chi connectivity index (χ4v) is 8.81. The fraction of sp³-hybridized carbons (Fsp3) is 0.958. The smallest absolute Gasteiger partial charge is 0.303 e. The zero-order valence-electron chi connectivity index (χ0n) is 17.9. The summed E-state index contributed by atoms with van der Waals surface area (Å²) in [5.74, 6) is 2.61. The molecule has 0 aromatic carbocycles. The van der Waals surface area contributed by atoms with Gasteiger partial charge in [0.2, 0.25) is 0 Å². The first kappa shape index (κ1) is 20.7. The molecule has 4 saturated carbocycles. The summed E-state index contributed by atoms with van der Waals surface area (Å²) < 4.78 is 0. The Balaban J connectivity index is 1.55. The second-order valence-electron chi connectivity index (χ2n) is 11.4. The maximum atomic E-state index is 11.1. The van der Waals surface area contributed by atoms with Gasteiger partial charge in [0.15, 0.2) is 0 Å². The summed E-state index contributed by atoms with van der Waals surface area (Å²) in [5, 5.41) is 30.4. The van der Waals surface area contributed by atoms with Crippen LogP contribution >= 0.6 is 0 Å². The van der Waals surface area contributed by atoms with E-state index in [9.17, 15) is 15.0 Å². The Morgan fingerprint density at radius 3 is 2.36 bits per heavy atom. The highest BCUT2D eigenvalue weighted by atomic mass is 16.4. The van der Waals surface area contributed by atoms with Crippen LogP contribution in [-0.4, -0.2) is 33.5 Å². The first-order chi connectivity index (χ1) is 13.2. The average molecular weight is 393 g/mol.